The molecule has 0 aromatic heterocycles. The summed E-state index contributed by atoms with van der Waals surface area (Å²) in [7, 11) is 3.14. The third-order valence-electron chi connectivity index (χ3n) is 3.80. The average molecular weight is 273 g/mol. The molecule has 1 rings (SSSR count). The van der Waals surface area contributed by atoms with Crippen LogP contribution in [0.25, 0.3) is 0 Å². The van der Waals surface area contributed by atoms with Crippen LogP contribution >= 0.6 is 0 Å². The molecule has 0 unspecified atom stereocenters. The first-order valence-electron chi connectivity index (χ1n) is 6.37. The summed E-state index contributed by atoms with van der Waals surface area (Å²) in [5.41, 5.74) is -0.471. The third kappa shape index (κ3) is 3.45. The summed E-state index contributed by atoms with van der Waals surface area (Å²) in [6.45, 7) is 5.41. The lowest BCUT2D eigenvalue weighted by Crippen LogP contribution is -2.38. The Morgan fingerprint density at radius 2 is 1.58 bits per heavy atom. The Hall–Kier alpha value is -1.14. The number of hydrogen-bond acceptors (Lipinski definition) is 4. The molecule has 1 amide bonds. The minimum Gasteiger partial charge on any atom is -0.481 e. The van der Waals surface area contributed by atoms with E-state index in [0.29, 0.717) is 26.3 Å². The van der Waals surface area contributed by atoms with Crippen molar-refractivity contribution in [3.8, 4) is 0 Å². The highest BCUT2D eigenvalue weighted by Gasteiger charge is 2.66. The molecule has 1 aliphatic carbocycles. The van der Waals surface area contributed by atoms with E-state index in [0.717, 1.165) is 0 Å². The van der Waals surface area contributed by atoms with E-state index in [9.17, 15) is 9.59 Å². The van der Waals surface area contributed by atoms with Crippen molar-refractivity contribution in [1.29, 1.82) is 0 Å². The van der Waals surface area contributed by atoms with Gasteiger partial charge in [-0.25, -0.2) is 0 Å². The van der Waals surface area contributed by atoms with Crippen molar-refractivity contribution in [2.24, 2.45) is 17.3 Å². The second-order valence-corrected chi connectivity index (χ2v) is 5.43. The Labute approximate surface area is 113 Å². The van der Waals surface area contributed by atoms with Crippen molar-refractivity contribution in [3.05, 3.63) is 0 Å². The quantitative estimate of drug-likeness (QED) is 0.695. The molecule has 0 bridgehead atoms. The molecule has 0 aliphatic heterocycles. The van der Waals surface area contributed by atoms with Crippen LogP contribution in [0.3, 0.4) is 0 Å². The molecule has 1 aliphatic rings. The molecule has 0 heterocycles. The van der Waals surface area contributed by atoms with Crippen LogP contribution in [-0.2, 0) is 19.1 Å². The standard InChI is InChI=1S/C13H23NO5/c1-13(2)9(10(13)12(16)17)11(15)14(5-7-18-3)6-8-19-4/h9-10H,5-8H2,1-4H3,(H,16,17)/t9-,10+/m1/s1. The summed E-state index contributed by atoms with van der Waals surface area (Å²) in [5, 5.41) is 9.12. The lowest BCUT2D eigenvalue weighted by atomic mass is 10.1. The van der Waals surface area contributed by atoms with Gasteiger partial charge in [-0.1, -0.05) is 13.8 Å². The molecule has 0 spiro atoms. The van der Waals surface area contributed by atoms with Gasteiger partial charge in [0.15, 0.2) is 0 Å². The number of hydrogen-bond donors (Lipinski definition) is 1. The molecule has 110 valence electrons. The number of carbonyl (C=O) groups excluding carboxylic acids is 1. The van der Waals surface area contributed by atoms with Gasteiger partial charge in [0.2, 0.25) is 5.91 Å². The van der Waals surface area contributed by atoms with Crippen LogP contribution in [0, 0.1) is 17.3 Å². The molecular weight excluding hydrogens is 250 g/mol. The summed E-state index contributed by atoms with van der Waals surface area (Å²) >= 11 is 0. The number of rotatable bonds is 8. The van der Waals surface area contributed by atoms with Gasteiger partial charge in [-0.15, -0.1) is 0 Å². The van der Waals surface area contributed by atoms with Gasteiger partial charge in [-0.05, 0) is 5.41 Å². The number of carbonyl (C=O) groups is 2. The summed E-state index contributed by atoms with van der Waals surface area (Å²) in [6, 6.07) is 0. The average Bonchev–Trinajstić information content (AvgIpc) is 2.92. The van der Waals surface area contributed by atoms with E-state index in [2.05, 4.69) is 0 Å². The van der Waals surface area contributed by atoms with E-state index in [-0.39, 0.29) is 5.91 Å². The Morgan fingerprint density at radius 1 is 1.11 bits per heavy atom. The maximum atomic E-state index is 12.4. The van der Waals surface area contributed by atoms with E-state index in [1.54, 1.807) is 19.1 Å². The van der Waals surface area contributed by atoms with Crippen LogP contribution < -0.4 is 0 Å². The monoisotopic (exact) mass is 273 g/mol. The van der Waals surface area contributed by atoms with Crippen molar-refractivity contribution < 1.29 is 24.2 Å². The number of amides is 1. The molecule has 0 radical (unpaired) electrons. The molecule has 0 aromatic carbocycles. The number of methoxy groups -OCH3 is 2. The molecule has 0 saturated heterocycles. The molecule has 6 heteroatoms. The zero-order valence-corrected chi connectivity index (χ0v) is 12.0. The molecule has 1 N–H and O–H groups in total. The SMILES string of the molecule is COCCN(CCOC)C(=O)[C@H]1[C@@H](C(=O)O)C1(C)C. The molecule has 19 heavy (non-hydrogen) atoms. The van der Waals surface area contributed by atoms with E-state index in [4.69, 9.17) is 14.6 Å². The first kappa shape index (κ1) is 15.9. The topological polar surface area (TPSA) is 76.1 Å². The molecule has 2 atom stereocenters. The van der Waals surface area contributed by atoms with Gasteiger partial charge in [-0.3, -0.25) is 9.59 Å². The summed E-state index contributed by atoms with van der Waals surface area (Å²) in [5.74, 6) is -2.06. The molecular formula is C13H23NO5. The van der Waals surface area contributed by atoms with Crippen LogP contribution in [0.15, 0.2) is 0 Å². The number of carboxylic acids is 1. The normalized spacial score (nSPS) is 24.0. The second-order valence-electron chi connectivity index (χ2n) is 5.43. The largest absolute Gasteiger partial charge is 0.481 e. The highest BCUT2D eigenvalue weighted by atomic mass is 16.5. The minimum atomic E-state index is -0.901. The van der Waals surface area contributed by atoms with Gasteiger partial charge in [0, 0.05) is 27.3 Å². The predicted octanol–water partition coefficient (Wildman–Crippen LogP) is 0.465. The van der Waals surface area contributed by atoms with Crippen LogP contribution in [0.5, 0.6) is 0 Å². The molecule has 6 nitrogen and oxygen atoms in total. The number of carboxylic acid groups (broad SMARTS) is 1. The Kier molecular flexibility index (Phi) is 5.31. The Morgan fingerprint density at radius 3 is 1.89 bits per heavy atom. The second kappa shape index (κ2) is 6.34. The molecule has 1 saturated carbocycles. The van der Waals surface area contributed by atoms with Gasteiger partial charge in [0.25, 0.3) is 0 Å². The van der Waals surface area contributed by atoms with Crippen molar-refractivity contribution in [3.63, 3.8) is 0 Å². The Bertz CT molecular complexity index is 334. The van der Waals surface area contributed by atoms with Gasteiger partial charge < -0.3 is 19.5 Å². The van der Waals surface area contributed by atoms with Crippen LogP contribution in [-0.4, -0.2) is 62.4 Å². The fourth-order valence-corrected chi connectivity index (χ4v) is 2.49. The number of ether oxygens (including phenoxy) is 2. The van der Waals surface area contributed by atoms with E-state index in [1.165, 1.54) is 0 Å². The highest BCUT2D eigenvalue weighted by molar-refractivity contribution is 5.91. The lowest BCUT2D eigenvalue weighted by Gasteiger charge is -2.22. The maximum Gasteiger partial charge on any atom is 0.307 e. The highest BCUT2D eigenvalue weighted by Crippen LogP contribution is 2.58. The smallest absolute Gasteiger partial charge is 0.307 e. The maximum absolute atomic E-state index is 12.4. The van der Waals surface area contributed by atoms with E-state index in [1.807, 2.05) is 13.8 Å². The first-order valence-corrected chi connectivity index (χ1v) is 6.37. The van der Waals surface area contributed by atoms with E-state index >= 15 is 0 Å². The lowest BCUT2D eigenvalue weighted by molar-refractivity contribution is -0.142. The zero-order valence-electron chi connectivity index (χ0n) is 12.0. The summed E-state index contributed by atoms with van der Waals surface area (Å²) in [6.07, 6.45) is 0. The zero-order chi connectivity index (χ0) is 14.6. The van der Waals surface area contributed by atoms with Crippen molar-refractivity contribution in [1.82, 2.24) is 4.90 Å². The van der Waals surface area contributed by atoms with Gasteiger partial charge in [0.05, 0.1) is 25.0 Å². The summed E-state index contributed by atoms with van der Waals surface area (Å²) < 4.78 is 9.96. The first-order chi connectivity index (χ1) is 8.87. The van der Waals surface area contributed by atoms with Crippen molar-refractivity contribution >= 4 is 11.9 Å². The van der Waals surface area contributed by atoms with Crippen LogP contribution in [0.4, 0.5) is 0 Å². The van der Waals surface area contributed by atoms with Crippen molar-refractivity contribution in [2.75, 3.05) is 40.5 Å². The van der Waals surface area contributed by atoms with Crippen LogP contribution in [0.2, 0.25) is 0 Å². The Balaban J connectivity index is 2.69. The van der Waals surface area contributed by atoms with E-state index < -0.39 is 23.2 Å². The predicted molar refractivity (Wildman–Crippen MR) is 68.7 cm³/mol. The molecule has 0 aromatic rings. The van der Waals surface area contributed by atoms with Gasteiger partial charge in [0.1, 0.15) is 0 Å². The fraction of sp³-hybridized carbons (Fsp3) is 0.846. The number of nitrogens with zero attached hydrogens (tertiary/aromatic N) is 1. The molecule has 1 fully saturated rings. The van der Waals surface area contributed by atoms with Crippen LogP contribution in [0.1, 0.15) is 13.8 Å². The van der Waals surface area contributed by atoms with Gasteiger partial charge in [-0.2, -0.15) is 0 Å². The minimum absolute atomic E-state index is 0.119. The van der Waals surface area contributed by atoms with Gasteiger partial charge >= 0.3 is 5.97 Å². The third-order valence-corrected chi connectivity index (χ3v) is 3.80. The summed E-state index contributed by atoms with van der Waals surface area (Å²) in [4.78, 5) is 25.1. The fourth-order valence-electron chi connectivity index (χ4n) is 2.49. The van der Waals surface area contributed by atoms with Crippen molar-refractivity contribution in [2.45, 2.75) is 13.8 Å². The number of aliphatic carboxylic acids is 1.